The molecule has 1 aliphatic rings. The van der Waals surface area contributed by atoms with Gasteiger partial charge in [-0.2, -0.15) is 0 Å². The normalized spacial score (nSPS) is 15.5. The summed E-state index contributed by atoms with van der Waals surface area (Å²) in [5.41, 5.74) is 6.15. The van der Waals surface area contributed by atoms with Crippen molar-refractivity contribution in [1.29, 1.82) is 0 Å². The lowest BCUT2D eigenvalue weighted by atomic mass is 10.0. The Labute approximate surface area is 233 Å². The highest BCUT2D eigenvalue weighted by molar-refractivity contribution is 5.87. The number of ether oxygens (including phenoxy) is 3. The van der Waals surface area contributed by atoms with Gasteiger partial charge in [-0.25, -0.2) is 8.78 Å². The van der Waals surface area contributed by atoms with Crippen LogP contribution in [-0.2, 0) is 4.74 Å². The lowest BCUT2D eigenvalue weighted by molar-refractivity contribution is 0.0395. The van der Waals surface area contributed by atoms with Crippen molar-refractivity contribution in [2.75, 3.05) is 53.6 Å². The zero-order valence-corrected chi connectivity index (χ0v) is 23.6. The number of rotatable bonds is 11. The van der Waals surface area contributed by atoms with Gasteiger partial charge in [0, 0.05) is 61.6 Å². The quantitative estimate of drug-likeness (QED) is 0.330. The van der Waals surface area contributed by atoms with Gasteiger partial charge in [-0.1, -0.05) is 0 Å². The molecular formula is C29H37F2N5O4. The van der Waals surface area contributed by atoms with Gasteiger partial charge < -0.3 is 24.5 Å². The molecule has 1 aliphatic heterocycles. The second-order valence-corrected chi connectivity index (χ2v) is 9.25. The predicted octanol–water partition coefficient (Wildman–Crippen LogP) is 4.07. The molecule has 0 saturated carbocycles. The molecule has 0 spiro atoms. The SMILES string of the molecule is CC=N/C(=C\c1ccc(-c2c(F)c(OC)cc(OC)c2F)c(=O)n1C(C)C)C(C=NCCN1CCOCC1)=CN. The first-order valence-corrected chi connectivity index (χ1v) is 13.1. The first-order chi connectivity index (χ1) is 19.3. The third-order valence-electron chi connectivity index (χ3n) is 6.42. The molecule has 0 atom stereocenters. The summed E-state index contributed by atoms with van der Waals surface area (Å²) in [6.07, 6.45) is 6.35. The third kappa shape index (κ3) is 7.02. The summed E-state index contributed by atoms with van der Waals surface area (Å²) in [4.78, 5) is 24.9. The van der Waals surface area contributed by atoms with Crippen LogP contribution < -0.4 is 20.8 Å². The maximum Gasteiger partial charge on any atom is 0.259 e. The van der Waals surface area contributed by atoms with E-state index < -0.39 is 22.8 Å². The molecule has 1 fully saturated rings. The van der Waals surface area contributed by atoms with E-state index in [-0.39, 0.29) is 23.1 Å². The molecule has 0 radical (unpaired) electrons. The minimum absolute atomic E-state index is 0.169. The van der Waals surface area contributed by atoms with Crippen molar-refractivity contribution in [3.63, 3.8) is 0 Å². The lowest BCUT2D eigenvalue weighted by Crippen LogP contribution is -2.37. The summed E-state index contributed by atoms with van der Waals surface area (Å²) in [5, 5.41) is 0. The van der Waals surface area contributed by atoms with Crippen molar-refractivity contribution in [3.05, 3.63) is 63.4 Å². The molecule has 40 heavy (non-hydrogen) atoms. The molecule has 216 valence electrons. The van der Waals surface area contributed by atoms with Crippen LogP contribution in [0.1, 0.15) is 32.5 Å². The molecule has 1 aromatic carbocycles. The summed E-state index contributed by atoms with van der Waals surface area (Å²) < 4.78 is 47.4. The lowest BCUT2D eigenvalue weighted by Gasteiger charge is -2.25. The van der Waals surface area contributed by atoms with Crippen molar-refractivity contribution in [2.45, 2.75) is 26.8 Å². The zero-order valence-electron chi connectivity index (χ0n) is 23.6. The van der Waals surface area contributed by atoms with Gasteiger partial charge in [-0.15, -0.1) is 0 Å². The number of methoxy groups -OCH3 is 2. The van der Waals surface area contributed by atoms with Crippen LogP contribution in [0.2, 0.25) is 0 Å². The molecule has 0 unspecified atom stereocenters. The molecular weight excluding hydrogens is 520 g/mol. The van der Waals surface area contributed by atoms with Crippen molar-refractivity contribution in [2.24, 2.45) is 15.7 Å². The summed E-state index contributed by atoms with van der Waals surface area (Å²) in [6, 6.07) is 3.74. The first kappa shape index (κ1) is 30.7. The summed E-state index contributed by atoms with van der Waals surface area (Å²) in [7, 11) is 2.51. The molecule has 9 nitrogen and oxygen atoms in total. The van der Waals surface area contributed by atoms with E-state index in [9.17, 15) is 4.79 Å². The highest BCUT2D eigenvalue weighted by Gasteiger charge is 2.25. The Kier molecular flexibility index (Phi) is 11.2. The number of morpholine rings is 1. The van der Waals surface area contributed by atoms with Gasteiger partial charge in [0.15, 0.2) is 23.1 Å². The fourth-order valence-electron chi connectivity index (χ4n) is 4.39. The largest absolute Gasteiger partial charge is 0.494 e. The van der Waals surface area contributed by atoms with Crippen LogP contribution in [-0.4, -0.2) is 75.5 Å². The number of nitrogens with two attached hydrogens (primary N) is 1. The van der Waals surface area contributed by atoms with Crippen molar-refractivity contribution in [1.82, 2.24) is 9.47 Å². The van der Waals surface area contributed by atoms with Crippen LogP contribution in [0.25, 0.3) is 17.2 Å². The number of allylic oxidation sites excluding steroid dienone is 1. The Hall–Kier alpha value is -3.83. The Balaban J connectivity index is 2.04. The number of aliphatic imine (C=N–C) groups is 2. The van der Waals surface area contributed by atoms with E-state index in [4.69, 9.17) is 19.9 Å². The highest BCUT2D eigenvalue weighted by Crippen LogP contribution is 2.36. The molecule has 2 aromatic rings. The maximum atomic E-state index is 15.2. The van der Waals surface area contributed by atoms with E-state index in [0.29, 0.717) is 23.5 Å². The van der Waals surface area contributed by atoms with Crippen LogP contribution in [0.5, 0.6) is 11.5 Å². The minimum atomic E-state index is -0.991. The Bertz CT molecular complexity index is 1330. The highest BCUT2D eigenvalue weighted by atomic mass is 19.1. The van der Waals surface area contributed by atoms with Crippen LogP contribution in [0.3, 0.4) is 0 Å². The van der Waals surface area contributed by atoms with Crippen LogP contribution in [0, 0.1) is 11.6 Å². The van der Waals surface area contributed by atoms with Gasteiger partial charge in [0.05, 0.1) is 50.8 Å². The molecule has 0 amide bonds. The Morgan fingerprint density at radius 1 is 1.15 bits per heavy atom. The molecule has 0 bridgehead atoms. The second-order valence-electron chi connectivity index (χ2n) is 9.25. The van der Waals surface area contributed by atoms with E-state index >= 15 is 8.78 Å². The van der Waals surface area contributed by atoms with Crippen molar-refractivity contribution < 1.29 is 23.0 Å². The van der Waals surface area contributed by atoms with Gasteiger partial charge in [-0.3, -0.25) is 19.7 Å². The van der Waals surface area contributed by atoms with Crippen LogP contribution in [0.4, 0.5) is 8.78 Å². The van der Waals surface area contributed by atoms with Crippen molar-refractivity contribution in [3.8, 4) is 22.6 Å². The summed E-state index contributed by atoms with van der Waals surface area (Å²) >= 11 is 0. The first-order valence-electron chi connectivity index (χ1n) is 13.1. The van der Waals surface area contributed by atoms with Gasteiger partial charge in [-0.05, 0) is 39.0 Å². The van der Waals surface area contributed by atoms with E-state index in [2.05, 4.69) is 14.9 Å². The Morgan fingerprint density at radius 3 is 2.35 bits per heavy atom. The summed E-state index contributed by atoms with van der Waals surface area (Å²) in [6.45, 7) is 9.93. The minimum Gasteiger partial charge on any atom is -0.494 e. The number of hydrogen-bond acceptors (Lipinski definition) is 8. The maximum absolute atomic E-state index is 15.2. The average Bonchev–Trinajstić information content (AvgIpc) is 2.94. The average molecular weight is 558 g/mol. The number of halogens is 2. The number of benzene rings is 1. The predicted molar refractivity (Wildman–Crippen MR) is 155 cm³/mol. The van der Waals surface area contributed by atoms with Gasteiger partial charge in [0.25, 0.3) is 5.56 Å². The monoisotopic (exact) mass is 557 g/mol. The number of aromatic nitrogens is 1. The topological polar surface area (TPSA) is 104 Å². The van der Waals surface area contributed by atoms with E-state index in [1.54, 1.807) is 45.3 Å². The third-order valence-corrected chi connectivity index (χ3v) is 6.42. The van der Waals surface area contributed by atoms with E-state index in [0.717, 1.165) is 38.9 Å². The smallest absolute Gasteiger partial charge is 0.259 e. The molecule has 11 heteroatoms. The molecule has 2 heterocycles. The molecule has 1 aromatic heterocycles. The van der Waals surface area contributed by atoms with Gasteiger partial charge >= 0.3 is 0 Å². The van der Waals surface area contributed by atoms with Crippen LogP contribution in [0.15, 0.2) is 50.4 Å². The zero-order chi connectivity index (χ0) is 29.2. The van der Waals surface area contributed by atoms with Crippen molar-refractivity contribution >= 4 is 18.5 Å². The van der Waals surface area contributed by atoms with Gasteiger partial charge in [0.2, 0.25) is 0 Å². The molecule has 3 rings (SSSR count). The number of hydrogen-bond donors (Lipinski definition) is 1. The molecule has 0 aliphatic carbocycles. The Morgan fingerprint density at radius 2 is 1.80 bits per heavy atom. The second kappa shape index (κ2) is 14.5. The summed E-state index contributed by atoms with van der Waals surface area (Å²) in [5.74, 6) is -2.46. The molecule has 1 saturated heterocycles. The van der Waals surface area contributed by atoms with E-state index in [1.165, 1.54) is 31.1 Å². The van der Waals surface area contributed by atoms with Crippen LogP contribution >= 0.6 is 0 Å². The molecule has 2 N–H and O–H groups in total. The van der Waals surface area contributed by atoms with Gasteiger partial charge in [0.1, 0.15) is 0 Å². The van der Waals surface area contributed by atoms with E-state index in [1.807, 2.05) is 0 Å². The standard InChI is InChI=1S/C29H37F2N5O4/c1-6-34-23(20(17-32)18-33-9-10-35-11-13-40-14-12-35)15-21-7-8-22(29(37)36(21)19(2)3)26-27(30)24(38-4)16-25(39-5)28(26)31/h6-8,15-19H,9-14,32H2,1-5H3/b20-17?,23-15-,33-18?,34-6?. The number of nitrogens with zero attached hydrogens (tertiary/aromatic N) is 4. The fourth-order valence-corrected chi connectivity index (χ4v) is 4.39. The number of pyridine rings is 1. The fraction of sp³-hybridized carbons (Fsp3) is 0.414.